The smallest absolute Gasteiger partial charge is 0.223 e. The number of anilines is 1. The fraction of sp³-hybridized carbons (Fsp3) is 0.444. The van der Waals surface area contributed by atoms with E-state index in [9.17, 15) is 4.79 Å². The Hall–Kier alpha value is -2.50. The molecule has 0 aliphatic carbocycles. The largest absolute Gasteiger partial charge is 0.495 e. The van der Waals surface area contributed by atoms with Crippen molar-refractivity contribution in [3.63, 3.8) is 0 Å². The minimum absolute atomic E-state index is 0.176. The Balaban J connectivity index is 1.52. The highest BCUT2D eigenvalue weighted by atomic mass is 16.5. The quantitative estimate of drug-likeness (QED) is 0.842. The SMILES string of the molecule is COc1ccccc1N1CCN(C(=O)CCc2coc(C)n2)CC1. The molecule has 3 rings (SSSR count). The molecule has 0 bridgehead atoms. The van der Waals surface area contributed by atoms with Crippen LogP contribution in [-0.4, -0.2) is 49.1 Å². The number of aryl methyl sites for hydroxylation is 2. The molecule has 1 amide bonds. The van der Waals surface area contributed by atoms with Crippen molar-refractivity contribution in [2.24, 2.45) is 0 Å². The number of benzene rings is 1. The molecule has 2 heterocycles. The number of nitrogens with zero attached hydrogens (tertiary/aromatic N) is 3. The fourth-order valence-electron chi connectivity index (χ4n) is 3.00. The molecule has 1 aromatic heterocycles. The Kier molecular flexibility index (Phi) is 5.03. The monoisotopic (exact) mass is 329 g/mol. The van der Waals surface area contributed by atoms with Gasteiger partial charge in [-0.1, -0.05) is 12.1 Å². The van der Waals surface area contributed by atoms with Crippen LogP contribution in [-0.2, 0) is 11.2 Å². The minimum atomic E-state index is 0.176. The van der Waals surface area contributed by atoms with Gasteiger partial charge < -0.3 is 19.0 Å². The third-order valence-corrected chi connectivity index (χ3v) is 4.32. The molecule has 0 saturated carbocycles. The van der Waals surface area contributed by atoms with Crippen LogP contribution < -0.4 is 9.64 Å². The molecule has 1 aliphatic rings. The number of carbonyl (C=O) groups excluding carboxylic acids is 1. The molecule has 6 nitrogen and oxygen atoms in total. The van der Waals surface area contributed by atoms with Crippen LogP contribution in [0.3, 0.4) is 0 Å². The van der Waals surface area contributed by atoms with E-state index < -0.39 is 0 Å². The zero-order chi connectivity index (χ0) is 16.9. The highest BCUT2D eigenvalue weighted by molar-refractivity contribution is 5.76. The van der Waals surface area contributed by atoms with E-state index in [1.54, 1.807) is 13.4 Å². The first-order chi connectivity index (χ1) is 11.7. The summed E-state index contributed by atoms with van der Waals surface area (Å²) in [7, 11) is 1.68. The maximum Gasteiger partial charge on any atom is 0.223 e. The van der Waals surface area contributed by atoms with Crippen molar-refractivity contribution in [3.05, 3.63) is 42.1 Å². The number of para-hydroxylation sites is 2. The second kappa shape index (κ2) is 7.38. The van der Waals surface area contributed by atoms with Crippen LogP contribution in [0.1, 0.15) is 18.0 Å². The van der Waals surface area contributed by atoms with Crippen molar-refractivity contribution in [1.29, 1.82) is 0 Å². The van der Waals surface area contributed by atoms with E-state index >= 15 is 0 Å². The Morgan fingerprint density at radius 2 is 2.00 bits per heavy atom. The molecule has 2 aromatic rings. The predicted molar refractivity (Wildman–Crippen MR) is 91.3 cm³/mol. The summed E-state index contributed by atoms with van der Waals surface area (Å²) in [5.41, 5.74) is 1.93. The molecule has 0 N–H and O–H groups in total. The molecule has 1 aliphatic heterocycles. The molecule has 1 saturated heterocycles. The summed E-state index contributed by atoms with van der Waals surface area (Å²) in [6.45, 7) is 4.90. The van der Waals surface area contributed by atoms with Gasteiger partial charge in [-0.2, -0.15) is 0 Å². The van der Waals surface area contributed by atoms with Crippen molar-refractivity contribution in [2.75, 3.05) is 38.2 Å². The lowest BCUT2D eigenvalue weighted by Crippen LogP contribution is -2.48. The number of hydrogen-bond donors (Lipinski definition) is 0. The lowest BCUT2D eigenvalue weighted by atomic mass is 10.2. The van der Waals surface area contributed by atoms with Crippen molar-refractivity contribution in [3.8, 4) is 5.75 Å². The number of methoxy groups -OCH3 is 1. The molecule has 1 fully saturated rings. The number of rotatable bonds is 5. The van der Waals surface area contributed by atoms with Crippen LogP contribution in [0.25, 0.3) is 0 Å². The van der Waals surface area contributed by atoms with Gasteiger partial charge in [0.05, 0.1) is 18.5 Å². The molecular formula is C18H23N3O3. The summed E-state index contributed by atoms with van der Waals surface area (Å²) in [4.78, 5) is 20.8. The third kappa shape index (κ3) is 3.69. The van der Waals surface area contributed by atoms with E-state index in [4.69, 9.17) is 9.15 Å². The maximum absolute atomic E-state index is 12.4. The van der Waals surface area contributed by atoms with Crippen molar-refractivity contribution in [1.82, 2.24) is 9.88 Å². The van der Waals surface area contributed by atoms with Gasteiger partial charge in [0.2, 0.25) is 5.91 Å². The number of hydrogen-bond acceptors (Lipinski definition) is 5. The highest BCUT2D eigenvalue weighted by Crippen LogP contribution is 2.28. The van der Waals surface area contributed by atoms with Gasteiger partial charge in [-0.3, -0.25) is 4.79 Å². The van der Waals surface area contributed by atoms with Gasteiger partial charge in [0, 0.05) is 45.9 Å². The van der Waals surface area contributed by atoms with E-state index in [0.717, 1.165) is 43.3 Å². The summed E-state index contributed by atoms with van der Waals surface area (Å²) in [6, 6.07) is 8.00. The van der Waals surface area contributed by atoms with E-state index in [1.165, 1.54) is 0 Å². The van der Waals surface area contributed by atoms with E-state index in [2.05, 4.69) is 16.0 Å². The maximum atomic E-state index is 12.4. The van der Waals surface area contributed by atoms with Crippen molar-refractivity contribution < 1.29 is 13.9 Å². The second-order valence-corrected chi connectivity index (χ2v) is 5.90. The summed E-state index contributed by atoms with van der Waals surface area (Å²) >= 11 is 0. The molecule has 6 heteroatoms. The van der Waals surface area contributed by atoms with Crippen molar-refractivity contribution in [2.45, 2.75) is 19.8 Å². The van der Waals surface area contributed by atoms with Crippen LogP contribution in [0.2, 0.25) is 0 Å². The van der Waals surface area contributed by atoms with Gasteiger partial charge in [0.1, 0.15) is 12.0 Å². The predicted octanol–water partition coefficient (Wildman–Crippen LogP) is 2.27. The van der Waals surface area contributed by atoms with Crippen molar-refractivity contribution >= 4 is 11.6 Å². The molecular weight excluding hydrogens is 306 g/mol. The van der Waals surface area contributed by atoms with Crippen LogP contribution in [0.5, 0.6) is 5.75 Å². The van der Waals surface area contributed by atoms with Crippen LogP contribution in [0, 0.1) is 6.92 Å². The molecule has 0 unspecified atom stereocenters. The number of oxazole rings is 1. The van der Waals surface area contributed by atoms with Crippen LogP contribution in [0.15, 0.2) is 34.9 Å². The molecule has 0 spiro atoms. The van der Waals surface area contributed by atoms with Gasteiger partial charge in [-0.25, -0.2) is 4.98 Å². The van der Waals surface area contributed by atoms with Gasteiger partial charge in [-0.05, 0) is 12.1 Å². The molecule has 24 heavy (non-hydrogen) atoms. The summed E-state index contributed by atoms with van der Waals surface area (Å²) in [5.74, 6) is 1.69. The lowest BCUT2D eigenvalue weighted by molar-refractivity contribution is -0.131. The topological polar surface area (TPSA) is 58.8 Å². The summed E-state index contributed by atoms with van der Waals surface area (Å²) in [6.07, 6.45) is 2.73. The number of aromatic nitrogens is 1. The van der Waals surface area contributed by atoms with Gasteiger partial charge >= 0.3 is 0 Å². The first-order valence-corrected chi connectivity index (χ1v) is 8.24. The van der Waals surface area contributed by atoms with Gasteiger partial charge in [0.25, 0.3) is 0 Å². The third-order valence-electron chi connectivity index (χ3n) is 4.32. The zero-order valence-corrected chi connectivity index (χ0v) is 14.2. The molecule has 0 radical (unpaired) electrons. The normalized spacial score (nSPS) is 14.8. The lowest BCUT2D eigenvalue weighted by Gasteiger charge is -2.36. The molecule has 0 atom stereocenters. The average Bonchev–Trinajstić information content (AvgIpc) is 3.05. The van der Waals surface area contributed by atoms with E-state index in [0.29, 0.717) is 18.7 Å². The first-order valence-electron chi connectivity index (χ1n) is 8.24. The second-order valence-electron chi connectivity index (χ2n) is 5.90. The van der Waals surface area contributed by atoms with E-state index in [-0.39, 0.29) is 5.91 Å². The number of amides is 1. The average molecular weight is 329 g/mol. The van der Waals surface area contributed by atoms with Crippen LogP contribution >= 0.6 is 0 Å². The number of ether oxygens (including phenoxy) is 1. The van der Waals surface area contributed by atoms with E-state index in [1.807, 2.05) is 30.0 Å². The Morgan fingerprint density at radius 3 is 2.67 bits per heavy atom. The number of carbonyl (C=O) groups is 1. The molecule has 1 aromatic carbocycles. The molecule has 128 valence electrons. The van der Waals surface area contributed by atoms with Gasteiger partial charge in [0.15, 0.2) is 5.89 Å². The van der Waals surface area contributed by atoms with Crippen LogP contribution in [0.4, 0.5) is 5.69 Å². The Labute approximate surface area is 142 Å². The Bertz CT molecular complexity index is 690. The summed E-state index contributed by atoms with van der Waals surface area (Å²) in [5, 5.41) is 0. The number of piperazine rings is 1. The fourth-order valence-corrected chi connectivity index (χ4v) is 3.00. The van der Waals surface area contributed by atoms with Gasteiger partial charge in [-0.15, -0.1) is 0 Å². The minimum Gasteiger partial charge on any atom is -0.495 e. The summed E-state index contributed by atoms with van der Waals surface area (Å²) < 4.78 is 10.6. The zero-order valence-electron chi connectivity index (χ0n) is 14.2. The Morgan fingerprint density at radius 1 is 1.25 bits per heavy atom. The highest BCUT2D eigenvalue weighted by Gasteiger charge is 2.22. The standard InChI is InChI=1S/C18H23N3O3/c1-14-19-15(13-24-14)7-8-18(22)21-11-9-20(10-12-21)16-5-3-4-6-17(16)23-2/h3-6,13H,7-12H2,1-2H3. The first kappa shape index (κ1) is 16.4.